The molecule has 0 spiro atoms. The number of thiazole rings is 1. The minimum Gasteiger partial charge on any atom is -0.379 e. The number of rotatable bonds is 7. The Balaban J connectivity index is 1.46. The molecule has 172 valence electrons. The average Bonchev–Trinajstić information content (AvgIpc) is 3.42. The molecule has 5 nitrogen and oxygen atoms in total. The second-order valence-corrected chi connectivity index (χ2v) is 10.6. The molecule has 3 heterocycles. The molecule has 0 unspecified atom stereocenters. The van der Waals surface area contributed by atoms with Crippen LogP contribution in [0.2, 0.25) is 5.02 Å². The van der Waals surface area contributed by atoms with Gasteiger partial charge in [0.15, 0.2) is 5.13 Å². The van der Waals surface area contributed by atoms with E-state index >= 15 is 0 Å². The Bertz CT molecular complexity index is 1280. The van der Waals surface area contributed by atoms with Gasteiger partial charge in [0.25, 0.3) is 5.91 Å². The van der Waals surface area contributed by atoms with Gasteiger partial charge in [-0.2, -0.15) is 0 Å². The number of thiophene rings is 1. The fraction of sp³-hybridized carbons (Fsp3) is 0.360. The van der Waals surface area contributed by atoms with E-state index in [9.17, 15) is 4.79 Å². The zero-order valence-corrected chi connectivity index (χ0v) is 20.9. The lowest BCUT2D eigenvalue weighted by Crippen LogP contribution is -2.39. The Labute approximate surface area is 206 Å². The van der Waals surface area contributed by atoms with E-state index < -0.39 is 0 Å². The Morgan fingerprint density at radius 2 is 1.97 bits per heavy atom. The second kappa shape index (κ2) is 10.1. The predicted molar refractivity (Wildman–Crippen MR) is 139 cm³/mol. The summed E-state index contributed by atoms with van der Waals surface area (Å²) in [6.07, 6.45) is 1.84. The topological polar surface area (TPSA) is 45.7 Å². The minimum atomic E-state index is -0.0713. The van der Waals surface area contributed by atoms with E-state index in [1.54, 1.807) is 11.3 Å². The van der Waals surface area contributed by atoms with Crippen molar-refractivity contribution in [1.29, 1.82) is 0 Å². The quantitative estimate of drug-likeness (QED) is 0.308. The first kappa shape index (κ1) is 22.7. The number of anilines is 1. The lowest BCUT2D eigenvalue weighted by atomic mass is 10.2. The summed E-state index contributed by atoms with van der Waals surface area (Å²) in [5.74, 6) is -0.0713. The smallest absolute Gasteiger partial charge is 0.271 e. The van der Waals surface area contributed by atoms with E-state index in [-0.39, 0.29) is 5.91 Å². The first-order valence-corrected chi connectivity index (χ1v) is 13.3. The number of nitrogens with zero attached hydrogens (tertiary/aromatic N) is 3. The minimum absolute atomic E-state index is 0.0713. The van der Waals surface area contributed by atoms with Crippen LogP contribution in [0, 0.1) is 0 Å². The van der Waals surface area contributed by atoms with Crippen molar-refractivity contribution in [3.63, 3.8) is 0 Å². The highest BCUT2D eigenvalue weighted by Gasteiger charge is 2.26. The van der Waals surface area contributed by atoms with Crippen LogP contribution in [-0.2, 0) is 11.2 Å². The summed E-state index contributed by atoms with van der Waals surface area (Å²) in [4.78, 5) is 23.4. The Kier molecular flexibility index (Phi) is 6.94. The number of hydrogen-bond acceptors (Lipinski definition) is 6. The molecule has 2 aromatic heterocycles. The van der Waals surface area contributed by atoms with E-state index in [0.29, 0.717) is 16.4 Å². The van der Waals surface area contributed by atoms with Gasteiger partial charge in [0.2, 0.25) is 0 Å². The molecule has 1 aliphatic rings. The van der Waals surface area contributed by atoms with Gasteiger partial charge >= 0.3 is 0 Å². The number of carbonyl (C=O) groups is 1. The van der Waals surface area contributed by atoms with Crippen LogP contribution < -0.4 is 4.90 Å². The summed E-state index contributed by atoms with van der Waals surface area (Å²) >= 11 is 9.72. The largest absolute Gasteiger partial charge is 0.379 e. The molecule has 0 radical (unpaired) electrons. The summed E-state index contributed by atoms with van der Waals surface area (Å²) in [6, 6.07) is 14.2. The standard InChI is InChI=1S/C25H26ClN3O2S2/c1-2-17-8-9-19-21(16-17)33-25(27-19)29(11-5-10-28-12-14-31-15-13-28)24(30)23-22(26)18-6-3-4-7-20(18)32-23/h3-4,6-9,16H,2,5,10-15H2,1H3. The predicted octanol–water partition coefficient (Wildman–Crippen LogP) is 6.10. The van der Waals surface area contributed by atoms with Crippen molar-refractivity contribution in [2.75, 3.05) is 44.3 Å². The third kappa shape index (κ3) is 4.79. The van der Waals surface area contributed by atoms with Crippen molar-refractivity contribution in [2.24, 2.45) is 0 Å². The molecular formula is C25H26ClN3O2S2. The molecule has 0 saturated carbocycles. The van der Waals surface area contributed by atoms with Crippen molar-refractivity contribution in [3.8, 4) is 0 Å². The van der Waals surface area contributed by atoms with Gasteiger partial charge < -0.3 is 4.74 Å². The molecule has 4 aromatic rings. The number of morpholine rings is 1. The molecule has 33 heavy (non-hydrogen) atoms. The molecule has 5 rings (SSSR count). The van der Waals surface area contributed by atoms with Gasteiger partial charge in [-0.15, -0.1) is 11.3 Å². The lowest BCUT2D eigenvalue weighted by Gasteiger charge is -2.27. The Morgan fingerprint density at radius 1 is 1.15 bits per heavy atom. The van der Waals surface area contributed by atoms with Crippen molar-refractivity contribution in [3.05, 3.63) is 57.9 Å². The van der Waals surface area contributed by atoms with Crippen LogP contribution in [0.1, 0.15) is 28.6 Å². The van der Waals surface area contributed by atoms with Crippen LogP contribution in [-0.4, -0.2) is 55.2 Å². The molecular weight excluding hydrogens is 474 g/mol. The SMILES string of the molecule is CCc1ccc2nc(N(CCCN3CCOCC3)C(=O)c3sc4ccccc4c3Cl)sc2c1. The number of benzene rings is 2. The Hall–Kier alpha value is -2.03. The summed E-state index contributed by atoms with van der Waals surface area (Å²) in [7, 11) is 0. The van der Waals surface area contributed by atoms with E-state index in [1.165, 1.54) is 16.9 Å². The van der Waals surface area contributed by atoms with E-state index in [2.05, 4.69) is 30.0 Å². The fourth-order valence-corrected chi connectivity index (χ4v) is 6.64. The van der Waals surface area contributed by atoms with Crippen LogP contribution in [0.3, 0.4) is 0 Å². The maximum Gasteiger partial charge on any atom is 0.271 e. The zero-order valence-electron chi connectivity index (χ0n) is 18.6. The van der Waals surface area contributed by atoms with E-state index in [4.69, 9.17) is 21.3 Å². The number of hydrogen-bond donors (Lipinski definition) is 0. The van der Waals surface area contributed by atoms with Crippen LogP contribution in [0.5, 0.6) is 0 Å². The normalized spacial score (nSPS) is 14.8. The highest BCUT2D eigenvalue weighted by Crippen LogP contribution is 2.38. The van der Waals surface area contributed by atoms with E-state index in [1.807, 2.05) is 29.2 Å². The third-order valence-electron chi connectivity index (χ3n) is 6.01. The summed E-state index contributed by atoms with van der Waals surface area (Å²) < 4.78 is 7.59. The maximum atomic E-state index is 13.8. The van der Waals surface area contributed by atoms with Gasteiger partial charge in [-0.1, -0.05) is 54.1 Å². The van der Waals surface area contributed by atoms with Gasteiger partial charge in [0, 0.05) is 36.3 Å². The van der Waals surface area contributed by atoms with Crippen LogP contribution >= 0.6 is 34.3 Å². The molecule has 8 heteroatoms. The molecule has 0 N–H and O–H groups in total. The van der Waals surface area contributed by atoms with Gasteiger partial charge in [-0.25, -0.2) is 4.98 Å². The molecule has 2 aromatic carbocycles. The molecule has 1 aliphatic heterocycles. The van der Waals surface area contributed by atoms with Crippen molar-refractivity contribution < 1.29 is 9.53 Å². The van der Waals surface area contributed by atoms with Crippen molar-refractivity contribution >= 4 is 65.6 Å². The number of amides is 1. The monoisotopic (exact) mass is 499 g/mol. The first-order valence-electron chi connectivity index (χ1n) is 11.3. The number of aryl methyl sites for hydroxylation is 1. The highest BCUT2D eigenvalue weighted by atomic mass is 35.5. The average molecular weight is 500 g/mol. The second-order valence-electron chi connectivity index (χ2n) is 8.16. The number of fused-ring (bicyclic) bond motifs is 2. The number of carbonyl (C=O) groups excluding carboxylic acids is 1. The molecule has 0 bridgehead atoms. The fourth-order valence-electron chi connectivity index (χ4n) is 4.13. The van der Waals surface area contributed by atoms with Gasteiger partial charge in [-0.05, 0) is 36.6 Å². The third-order valence-corrected chi connectivity index (χ3v) is 8.72. The lowest BCUT2D eigenvalue weighted by molar-refractivity contribution is 0.0376. The highest BCUT2D eigenvalue weighted by molar-refractivity contribution is 7.23. The first-order chi connectivity index (χ1) is 16.1. The van der Waals surface area contributed by atoms with Crippen LogP contribution in [0.4, 0.5) is 5.13 Å². The zero-order chi connectivity index (χ0) is 22.8. The van der Waals surface area contributed by atoms with Gasteiger partial charge in [-0.3, -0.25) is 14.6 Å². The van der Waals surface area contributed by atoms with Gasteiger partial charge in [0.05, 0.1) is 28.5 Å². The Morgan fingerprint density at radius 3 is 2.76 bits per heavy atom. The number of ether oxygens (including phenoxy) is 1. The molecule has 1 fully saturated rings. The summed E-state index contributed by atoms with van der Waals surface area (Å²) in [5, 5.41) is 2.20. The molecule has 1 saturated heterocycles. The van der Waals surface area contributed by atoms with E-state index in [0.717, 1.165) is 71.1 Å². The van der Waals surface area contributed by atoms with Crippen LogP contribution in [0.15, 0.2) is 42.5 Å². The number of halogens is 1. The summed E-state index contributed by atoms with van der Waals surface area (Å²) in [5.41, 5.74) is 2.20. The number of aromatic nitrogens is 1. The van der Waals surface area contributed by atoms with Gasteiger partial charge in [0.1, 0.15) is 4.88 Å². The van der Waals surface area contributed by atoms with Crippen molar-refractivity contribution in [1.82, 2.24) is 9.88 Å². The molecule has 0 aliphatic carbocycles. The van der Waals surface area contributed by atoms with Crippen molar-refractivity contribution in [2.45, 2.75) is 19.8 Å². The summed E-state index contributed by atoms with van der Waals surface area (Å²) in [6.45, 7) is 7.11. The molecule has 1 amide bonds. The maximum absolute atomic E-state index is 13.8. The molecule has 0 atom stereocenters. The van der Waals surface area contributed by atoms with Crippen LogP contribution in [0.25, 0.3) is 20.3 Å².